The summed E-state index contributed by atoms with van der Waals surface area (Å²) < 4.78 is 0. The van der Waals surface area contributed by atoms with Crippen molar-refractivity contribution in [2.24, 2.45) is 0 Å². The Balaban J connectivity index is -0.000000579. The minimum Gasteiger partial charge on any atom is -0.148 e. The van der Waals surface area contributed by atoms with E-state index in [2.05, 4.69) is 51.1 Å². The van der Waals surface area contributed by atoms with Crippen molar-refractivity contribution in [2.75, 3.05) is 0 Å². The predicted molar refractivity (Wildman–Crippen MR) is 100 cm³/mol. The van der Waals surface area contributed by atoms with Gasteiger partial charge < -0.3 is 0 Å². The molecule has 0 aliphatic carbocycles. The lowest BCUT2D eigenvalue weighted by Gasteiger charge is -2.06. The topological polar surface area (TPSA) is 0 Å². The highest BCUT2D eigenvalue weighted by atomic mass is 32.1. The van der Waals surface area contributed by atoms with Gasteiger partial charge >= 0.3 is 0 Å². The van der Waals surface area contributed by atoms with Gasteiger partial charge in [-0.1, -0.05) is 59.6 Å². The minimum absolute atomic E-state index is 0.727. The normalized spacial score (nSPS) is 9.95. The number of hydrogen-bond donors (Lipinski definition) is 2. The third kappa shape index (κ3) is 17.4. The number of rotatable bonds is 6. The Hall–Kier alpha value is -0.600. The molecule has 0 nitrogen and oxygen atoms in total. The second-order valence-corrected chi connectivity index (χ2v) is 4.44. The summed E-state index contributed by atoms with van der Waals surface area (Å²) >= 11 is 8.26. The quantitative estimate of drug-likeness (QED) is 0.392. The fourth-order valence-electron chi connectivity index (χ4n) is 1.07. The van der Waals surface area contributed by atoms with Gasteiger partial charge in [0, 0.05) is 0 Å². The van der Waals surface area contributed by atoms with Crippen molar-refractivity contribution in [1.29, 1.82) is 0 Å². The van der Waals surface area contributed by atoms with E-state index in [0.29, 0.717) is 0 Å². The summed E-state index contributed by atoms with van der Waals surface area (Å²) in [5.74, 6) is 0. The summed E-state index contributed by atoms with van der Waals surface area (Å²) in [6, 6.07) is 0. The van der Waals surface area contributed by atoms with Gasteiger partial charge in [0.05, 0.1) is 0 Å². The molecular weight excluding hydrogens is 268 g/mol. The Bertz CT molecular complexity index is 320. The van der Waals surface area contributed by atoms with E-state index in [-0.39, 0.29) is 0 Å². The summed E-state index contributed by atoms with van der Waals surface area (Å²) in [6.45, 7) is 21.4. The van der Waals surface area contributed by atoms with Crippen LogP contribution in [-0.2, 0) is 0 Å². The number of allylic oxidation sites excluding steroid dienone is 6. The van der Waals surface area contributed by atoms with E-state index in [1.807, 2.05) is 46.8 Å². The van der Waals surface area contributed by atoms with E-state index in [1.54, 1.807) is 0 Å². The fraction of sp³-hybridized carbons (Fsp3) is 0.412. The molecule has 0 saturated heterocycles. The molecule has 0 unspecified atom stereocenters. The van der Waals surface area contributed by atoms with Crippen LogP contribution >= 0.6 is 25.3 Å². The van der Waals surface area contributed by atoms with E-state index >= 15 is 0 Å². The Labute approximate surface area is 131 Å². The second-order valence-electron chi connectivity index (χ2n) is 3.23. The van der Waals surface area contributed by atoms with E-state index in [4.69, 9.17) is 0 Å². The molecule has 0 aromatic rings. The summed E-state index contributed by atoms with van der Waals surface area (Å²) in [4.78, 5) is 1.62. The minimum atomic E-state index is 0.727. The highest BCUT2D eigenvalue weighted by Crippen LogP contribution is 2.20. The predicted octanol–water partition coefficient (Wildman–Crippen LogP) is 6.76. The highest BCUT2D eigenvalue weighted by Gasteiger charge is 1.99. The lowest BCUT2D eigenvalue weighted by Crippen LogP contribution is -1.86. The molecule has 19 heavy (non-hydrogen) atoms. The van der Waals surface area contributed by atoms with Gasteiger partial charge in [0.15, 0.2) is 0 Å². The van der Waals surface area contributed by atoms with Crippen LogP contribution in [0.15, 0.2) is 58.9 Å². The molecule has 0 atom stereocenters. The van der Waals surface area contributed by atoms with E-state index in [9.17, 15) is 0 Å². The maximum atomic E-state index is 4.17. The van der Waals surface area contributed by atoms with Crippen molar-refractivity contribution in [2.45, 2.75) is 47.5 Å². The van der Waals surface area contributed by atoms with Crippen molar-refractivity contribution in [1.82, 2.24) is 0 Å². The molecule has 0 radical (unpaired) electrons. The molecule has 110 valence electrons. The highest BCUT2D eigenvalue weighted by molar-refractivity contribution is 7.84. The van der Waals surface area contributed by atoms with Crippen molar-refractivity contribution in [3.05, 3.63) is 58.9 Å². The van der Waals surface area contributed by atoms with Crippen LogP contribution in [0.5, 0.6) is 0 Å². The van der Waals surface area contributed by atoms with Crippen molar-refractivity contribution in [3.8, 4) is 0 Å². The van der Waals surface area contributed by atoms with Crippen LogP contribution in [0.4, 0.5) is 0 Å². The largest absolute Gasteiger partial charge is 0.148 e. The lowest BCUT2D eigenvalue weighted by molar-refractivity contribution is 0.984. The molecule has 0 saturated carbocycles. The molecule has 0 aliphatic heterocycles. The van der Waals surface area contributed by atoms with Gasteiger partial charge in [-0.15, -0.1) is 25.3 Å². The molecule has 0 heterocycles. The molecule has 2 heteroatoms. The molecule has 0 aliphatic rings. The van der Waals surface area contributed by atoms with Gasteiger partial charge in [-0.05, 0) is 46.8 Å². The van der Waals surface area contributed by atoms with Crippen LogP contribution in [0.1, 0.15) is 47.5 Å². The third-order valence-corrected chi connectivity index (χ3v) is 2.29. The zero-order valence-electron chi connectivity index (χ0n) is 13.2. The van der Waals surface area contributed by atoms with Crippen LogP contribution in [-0.4, -0.2) is 0 Å². The van der Waals surface area contributed by atoms with Gasteiger partial charge in [0.25, 0.3) is 0 Å². The average Bonchev–Trinajstić information content (AvgIpc) is 2.41. The van der Waals surface area contributed by atoms with Crippen LogP contribution in [0.25, 0.3) is 0 Å². The molecule has 0 rings (SSSR count). The van der Waals surface area contributed by atoms with Gasteiger partial charge in [-0.25, -0.2) is 0 Å². The summed E-state index contributed by atoms with van der Waals surface area (Å²) in [5, 5.41) is 0. The van der Waals surface area contributed by atoms with E-state index < -0.39 is 0 Å². The first-order valence-electron chi connectivity index (χ1n) is 6.74. The summed E-state index contributed by atoms with van der Waals surface area (Å²) in [7, 11) is 0. The second kappa shape index (κ2) is 17.4. The maximum Gasteiger partial charge on any atom is -0.00318 e. The molecule has 0 bridgehead atoms. The van der Waals surface area contributed by atoms with Crippen LogP contribution < -0.4 is 0 Å². The first kappa shape index (κ1) is 23.5. The smallest absolute Gasteiger partial charge is 0.00318 e. The van der Waals surface area contributed by atoms with Gasteiger partial charge in [-0.2, -0.15) is 0 Å². The monoisotopic (exact) mass is 298 g/mol. The van der Waals surface area contributed by atoms with E-state index in [1.165, 1.54) is 5.57 Å². The molecule has 0 fully saturated rings. The Morgan fingerprint density at radius 2 is 1.37 bits per heavy atom. The number of thiol groups is 2. The Morgan fingerprint density at radius 1 is 0.895 bits per heavy atom. The van der Waals surface area contributed by atoms with Crippen LogP contribution in [0.3, 0.4) is 0 Å². The number of hydrogen-bond acceptors (Lipinski definition) is 2. The molecule has 0 aromatic carbocycles. The lowest BCUT2D eigenvalue weighted by atomic mass is 10.0. The third-order valence-electron chi connectivity index (χ3n) is 1.92. The van der Waals surface area contributed by atoms with Crippen LogP contribution in [0.2, 0.25) is 0 Å². The molecule has 0 spiro atoms. The van der Waals surface area contributed by atoms with Crippen LogP contribution in [0, 0.1) is 0 Å². The van der Waals surface area contributed by atoms with Gasteiger partial charge in [0.1, 0.15) is 0 Å². The molecule has 0 aromatic heterocycles. The first-order valence-corrected chi connectivity index (χ1v) is 7.64. The standard InChI is InChI=1S/C13H18S2.2C2H6/c1-5-13(9-8-12(4)15)10(2)6-7-11(3)14;2*1-2/h5-7,14-15H,2-4,8-9H2,1H3;2*1-2H3/b7-6-,13-5+;;. The maximum absolute atomic E-state index is 4.17. The van der Waals surface area contributed by atoms with Crippen molar-refractivity contribution >= 4 is 25.3 Å². The SMILES string of the molecule is C=C(S)/C=C\C(=C)/C(=C/C)CCC(=C)S.CC.CC. The average molecular weight is 299 g/mol. The van der Waals surface area contributed by atoms with Gasteiger partial charge in [-0.3, -0.25) is 0 Å². The van der Waals surface area contributed by atoms with Crippen molar-refractivity contribution < 1.29 is 0 Å². The summed E-state index contributed by atoms with van der Waals surface area (Å²) in [6.07, 6.45) is 7.61. The Kier molecular flexibility index (Phi) is 21.5. The van der Waals surface area contributed by atoms with E-state index in [0.717, 1.165) is 28.2 Å². The van der Waals surface area contributed by atoms with Crippen molar-refractivity contribution in [3.63, 3.8) is 0 Å². The summed E-state index contributed by atoms with van der Waals surface area (Å²) in [5.41, 5.74) is 2.19. The zero-order chi connectivity index (χ0) is 15.8. The molecular formula is C17H30S2. The van der Waals surface area contributed by atoms with Gasteiger partial charge in [0.2, 0.25) is 0 Å². The zero-order valence-corrected chi connectivity index (χ0v) is 15.0. The Morgan fingerprint density at radius 3 is 1.68 bits per heavy atom. The fourth-order valence-corrected chi connectivity index (χ4v) is 1.26. The molecule has 0 amide bonds. The molecule has 0 N–H and O–H groups in total. The first-order chi connectivity index (χ1) is 8.97.